The smallest absolute Gasteiger partial charge is 0.376 e. The van der Waals surface area contributed by atoms with Crippen molar-refractivity contribution in [2.45, 2.75) is 0 Å². The number of hydrogen-bond donors (Lipinski definition) is 0. The van der Waals surface area contributed by atoms with Crippen LogP contribution in [0.5, 0.6) is 0 Å². The Bertz CT molecular complexity index is 572. The maximum atomic E-state index is 11.3. The Hall–Kier alpha value is -1.39. The fraction of sp³-hybridized carbons (Fsp3) is 0.100. The van der Waals surface area contributed by atoms with Crippen molar-refractivity contribution in [1.82, 2.24) is 9.97 Å². The average Bonchev–Trinajstić information content (AvgIpc) is 2.29. The van der Waals surface area contributed by atoms with Gasteiger partial charge in [0.1, 0.15) is 5.15 Å². The molecule has 1 aromatic carbocycles. The first-order valence-corrected chi connectivity index (χ1v) is 5.09. The normalized spacial score (nSPS) is 10.4. The van der Waals surface area contributed by atoms with Crippen LogP contribution in [-0.4, -0.2) is 23.0 Å². The quantitative estimate of drug-likeness (QED) is 0.582. The van der Waals surface area contributed by atoms with Crippen molar-refractivity contribution in [2.24, 2.45) is 0 Å². The van der Waals surface area contributed by atoms with Gasteiger partial charge in [0.05, 0.1) is 17.6 Å². The van der Waals surface area contributed by atoms with Gasteiger partial charge >= 0.3 is 5.97 Å². The Morgan fingerprint density at radius 1 is 1.31 bits per heavy atom. The summed E-state index contributed by atoms with van der Waals surface area (Å²) < 4.78 is 4.51. The SMILES string of the molecule is COC(=O)c1nc(Cl)c2cccc(Cl)c2n1. The number of halogens is 2. The summed E-state index contributed by atoms with van der Waals surface area (Å²) in [5.74, 6) is -0.753. The summed E-state index contributed by atoms with van der Waals surface area (Å²) in [5.41, 5.74) is 0.435. The van der Waals surface area contributed by atoms with Gasteiger partial charge in [-0.05, 0) is 12.1 Å². The lowest BCUT2D eigenvalue weighted by atomic mass is 10.2. The first-order chi connectivity index (χ1) is 7.63. The summed E-state index contributed by atoms with van der Waals surface area (Å²) in [6, 6.07) is 5.12. The second kappa shape index (κ2) is 4.23. The largest absolute Gasteiger partial charge is 0.463 e. The molecular weight excluding hydrogens is 251 g/mol. The molecule has 0 amide bonds. The number of para-hydroxylation sites is 1. The van der Waals surface area contributed by atoms with Crippen LogP contribution in [0.2, 0.25) is 10.2 Å². The van der Waals surface area contributed by atoms with E-state index in [2.05, 4.69) is 14.7 Å². The number of benzene rings is 1. The highest BCUT2D eigenvalue weighted by Gasteiger charge is 2.14. The van der Waals surface area contributed by atoms with E-state index in [9.17, 15) is 4.79 Å². The molecule has 0 N–H and O–H groups in total. The van der Waals surface area contributed by atoms with Crippen LogP contribution in [0.1, 0.15) is 10.6 Å². The molecule has 82 valence electrons. The van der Waals surface area contributed by atoms with E-state index in [-0.39, 0.29) is 11.0 Å². The molecule has 1 aromatic heterocycles. The lowest BCUT2D eigenvalue weighted by Gasteiger charge is -2.03. The van der Waals surface area contributed by atoms with Crippen LogP contribution >= 0.6 is 23.2 Å². The second-order valence-corrected chi connectivity index (χ2v) is 3.73. The zero-order valence-electron chi connectivity index (χ0n) is 8.20. The number of aromatic nitrogens is 2. The molecule has 4 nitrogen and oxygen atoms in total. The fourth-order valence-corrected chi connectivity index (χ4v) is 1.71. The van der Waals surface area contributed by atoms with E-state index in [4.69, 9.17) is 23.2 Å². The van der Waals surface area contributed by atoms with Gasteiger partial charge in [-0.1, -0.05) is 29.3 Å². The third-order valence-electron chi connectivity index (χ3n) is 2.00. The van der Waals surface area contributed by atoms with Crippen LogP contribution in [-0.2, 0) is 4.74 Å². The molecule has 16 heavy (non-hydrogen) atoms. The lowest BCUT2D eigenvalue weighted by Crippen LogP contribution is -2.07. The molecular formula is C10H6Cl2N2O2. The number of rotatable bonds is 1. The van der Waals surface area contributed by atoms with Crippen LogP contribution in [0, 0.1) is 0 Å². The molecule has 1 heterocycles. The number of carbonyl (C=O) groups excluding carboxylic acids is 1. The van der Waals surface area contributed by atoms with Gasteiger partial charge in [0.15, 0.2) is 0 Å². The van der Waals surface area contributed by atoms with Crippen molar-refractivity contribution >= 4 is 40.1 Å². The fourth-order valence-electron chi connectivity index (χ4n) is 1.26. The molecule has 0 aliphatic heterocycles. The summed E-state index contributed by atoms with van der Waals surface area (Å²) >= 11 is 11.9. The van der Waals surface area contributed by atoms with Gasteiger partial charge in [0.2, 0.25) is 5.82 Å². The Kier molecular flexibility index (Phi) is 2.94. The van der Waals surface area contributed by atoms with Gasteiger partial charge in [-0.3, -0.25) is 0 Å². The van der Waals surface area contributed by atoms with Crippen LogP contribution in [0.15, 0.2) is 18.2 Å². The van der Waals surface area contributed by atoms with E-state index in [0.717, 1.165) is 0 Å². The van der Waals surface area contributed by atoms with Crippen molar-refractivity contribution in [1.29, 1.82) is 0 Å². The van der Waals surface area contributed by atoms with Gasteiger partial charge in [0.25, 0.3) is 0 Å². The molecule has 0 atom stereocenters. The van der Waals surface area contributed by atoms with E-state index in [1.165, 1.54) is 7.11 Å². The predicted octanol–water partition coefficient (Wildman–Crippen LogP) is 2.72. The molecule has 2 rings (SSSR count). The van der Waals surface area contributed by atoms with E-state index in [0.29, 0.717) is 15.9 Å². The second-order valence-electron chi connectivity index (χ2n) is 2.97. The molecule has 0 radical (unpaired) electrons. The topological polar surface area (TPSA) is 52.1 Å². The van der Waals surface area contributed by atoms with Crippen molar-refractivity contribution < 1.29 is 9.53 Å². The highest BCUT2D eigenvalue weighted by molar-refractivity contribution is 6.38. The molecule has 0 bridgehead atoms. The third-order valence-corrected chi connectivity index (χ3v) is 2.59. The van der Waals surface area contributed by atoms with E-state index >= 15 is 0 Å². The number of esters is 1. The lowest BCUT2D eigenvalue weighted by molar-refractivity contribution is 0.0587. The van der Waals surface area contributed by atoms with E-state index in [1.807, 2.05) is 0 Å². The summed E-state index contributed by atoms with van der Waals surface area (Å²) in [4.78, 5) is 19.1. The monoisotopic (exact) mass is 256 g/mol. The summed E-state index contributed by atoms with van der Waals surface area (Å²) in [6.45, 7) is 0. The van der Waals surface area contributed by atoms with Crippen molar-refractivity contribution in [3.63, 3.8) is 0 Å². The van der Waals surface area contributed by atoms with Crippen LogP contribution in [0.4, 0.5) is 0 Å². The zero-order chi connectivity index (χ0) is 11.7. The Morgan fingerprint density at radius 2 is 2.06 bits per heavy atom. The molecule has 0 unspecified atom stereocenters. The standard InChI is InChI=1S/C10H6Cl2N2O2/c1-16-10(15)9-13-7-5(8(12)14-9)3-2-4-6(7)11/h2-4H,1H3. The minimum atomic E-state index is -0.649. The summed E-state index contributed by atoms with van der Waals surface area (Å²) in [5, 5.41) is 1.18. The number of nitrogens with zero attached hydrogens (tertiary/aromatic N) is 2. The van der Waals surface area contributed by atoms with Gasteiger partial charge in [-0.15, -0.1) is 0 Å². The zero-order valence-corrected chi connectivity index (χ0v) is 9.71. The maximum absolute atomic E-state index is 11.3. The summed E-state index contributed by atoms with van der Waals surface area (Å²) in [6.07, 6.45) is 0. The van der Waals surface area contributed by atoms with E-state index < -0.39 is 5.97 Å². The van der Waals surface area contributed by atoms with Crippen molar-refractivity contribution in [2.75, 3.05) is 7.11 Å². The van der Waals surface area contributed by atoms with Gasteiger partial charge in [-0.2, -0.15) is 0 Å². The Balaban J connectivity index is 2.75. The highest BCUT2D eigenvalue weighted by Crippen LogP contribution is 2.26. The molecule has 0 aliphatic rings. The molecule has 0 saturated carbocycles. The molecule has 0 aliphatic carbocycles. The maximum Gasteiger partial charge on any atom is 0.376 e. The number of hydrogen-bond acceptors (Lipinski definition) is 4. The Labute approximate surface area is 101 Å². The first kappa shape index (κ1) is 11.1. The van der Waals surface area contributed by atoms with Crippen LogP contribution in [0.25, 0.3) is 10.9 Å². The van der Waals surface area contributed by atoms with Crippen LogP contribution in [0.3, 0.4) is 0 Å². The molecule has 0 fully saturated rings. The van der Waals surface area contributed by atoms with Crippen molar-refractivity contribution in [3.8, 4) is 0 Å². The van der Waals surface area contributed by atoms with Gasteiger partial charge < -0.3 is 4.74 Å². The number of ether oxygens (including phenoxy) is 1. The Morgan fingerprint density at radius 3 is 2.75 bits per heavy atom. The molecule has 6 heteroatoms. The number of fused-ring (bicyclic) bond motifs is 1. The van der Waals surface area contributed by atoms with E-state index in [1.54, 1.807) is 18.2 Å². The molecule has 2 aromatic rings. The average molecular weight is 257 g/mol. The van der Waals surface area contributed by atoms with Gasteiger partial charge in [-0.25, -0.2) is 14.8 Å². The summed E-state index contributed by atoms with van der Waals surface area (Å²) in [7, 11) is 1.25. The van der Waals surface area contributed by atoms with Crippen LogP contribution < -0.4 is 0 Å². The van der Waals surface area contributed by atoms with Gasteiger partial charge in [0, 0.05) is 5.39 Å². The minimum Gasteiger partial charge on any atom is -0.463 e. The predicted molar refractivity (Wildman–Crippen MR) is 60.9 cm³/mol. The third kappa shape index (κ3) is 1.81. The van der Waals surface area contributed by atoms with Crippen molar-refractivity contribution in [3.05, 3.63) is 34.2 Å². The molecule has 0 saturated heterocycles. The minimum absolute atomic E-state index is 0.104. The molecule has 0 spiro atoms. The number of methoxy groups -OCH3 is 1. The highest BCUT2D eigenvalue weighted by atomic mass is 35.5. The number of carbonyl (C=O) groups is 1. The first-order valence-electron chi connectivity index (χ1n) is 4.33.